The van der Waals surface area contributed by atoms with Crippen LogP contribution in [0.3, 0.4) is 0 Å². The predicted molar refractivity (Wildman–Crippen MR) is 65.3 cm³/mol. The van der Waals surface area contributed by atoms with Crippen molar-refractivity contribution in [1.29, 1.82) is 0 Å². The second kappa shape index (κ2) is 4.97. The van der Waals surface area contributed by atoms with Crippen LogP contribution in [0.15, 0.2) is 36.4 Å². The minimum Gasteiger partial charge on any atom is -0.342 e. The first-order chi connectivity index (χ1) is 7.83. The summed E-state index contributed by atoms with van der Waals surface area (Å²) in [7, 11) is 0. The van der Waals surface area contributed by atoms with Gasteiger partial charge < -0.3 is 5.32 Å². The maximum atomic E-state index is 11.6. The molecule has 2 nitrogen and oxygen atoms in total. The zero-order chi connectivity index (χ0) is 11.4. The van der Waals surface area contributed by atoms with Gasteiger partial charge in [-0.25, -0.2) is 0 Å². The summed E-state index contributed by atoms with van der Waals surface area (Å²) < 4.78 is 0. The molecule has 0 radical (unpaired) electrons. The molecule has 84 valence electrons. The monoisotopic (exact) mass is 215 g/mol. The van der Waals surface area contributed by atoms with Crippen LogP contribution in [0.25, 0.3) is 0 Å². The van der Waals surface area contributed by atoms with Gasteiger partial charge in [0.25, 0.3) is 5.91 Å². The molecular weight excluding hydrogens is 198 g/mol. The van der Waals surface area contributed by atoms with Gasteiger partial charge in [-0.1, -0.05) is 50.1 Å². The van der Waals surface area contributed by atoms with Crippen molar-refractivity contribution >= 4 is 5.91 Å². The second-order valence-corrected chi connectivity index (χ2v) is 4.11. The Morgan fingerprint density at radius 1 is 1.38 bits per heavy atom. The largest absolute Gasteiger partial charge is 0.342 e. The lowest BCUT2D eigenvalue weighted by atomic mass is 10.0. The number of benzene rings is 1. The van der Waals surface area contributed by atoms with Crippen LogP contribution in [0.5, 0.6) is 0 Å². The Labute approximate surface area is 96.4 Å². The van der Waals surface area contributed by atoms with Crippen molar-refractivity contribution in [1.82, 2.24) is 5.32 Å². The van der Waals surface area contributed by atoms with Crippen LogP contribution in [0.2, 0.25) is 0 Å². The standard InChI is InChI=1S/C14H17NO/c1-2-3-4-5-10-13-11-8-6-7-9-12(11)14(16)15-13/h5-10,13H,2-4H2,1H3,(H,15,16). The third kappa shape index (κ3) is 2.16. The van der Waals surface area contributed by atoms with Crippen molar-refractivity contribution < 1.29 is 4.79 Å². The number of nitrogens with one attached hydrogen (secondary N) is 1. The molecule has 2 heteroatoms. The summed E-state index contributed by atoms with van der Waals surface area (Å²) in [5.74, 6) is 0.0424. The number of amides is 1. The molecule has 1 atom stereocenters. The van der Waals surface area contributed by atoms with Crippen LogP contribution in [-0.4, -0.2) is 5.91 Å². The van der Waals surface area contributed by atoms with Crippen molar-refractivity contribution in [2.75, 3.05) is 0 Å². The lowest BCUT2D eigenvalue weighted by molar-refractivity contribution is 0.0961. The van der Waals surface area contributed by atoms with Crippen molar-refractivity contribution in [3.8, 4) is 0 Å². The average Bonchev–Trinajstić information content (AvgIpc) is 2.63. The minimum absolute atomic E-state index is 0.0424. The summed E-state index contributed by atoms with van der Waals surface area (Å²) in [4.78, 5) is 11.6. The first-order valence-electron chi connectivity index (χ1n) is 5.89. The molecule has 0 spiro atoms. The summed E-state index contributed by atoms with van der Waals surface area (Å²) in [5, 5.41) is 2.97. The van der Waals surface area contributed by atoms with E-state index in [-0.39, 0.29) is 11.9 Å². The number of allylic oxidation sites excluding steroid dienone is 1. The molecule has 1 aliphatic rings. The van der Waals surface area contributed by atoms with E-state index in [1.165, 1.54) is 12.8 Å². The van der Waals surface area contributed by atoms with E-state index in [9.17, 15) is 4.79 Å². The number of fused-ring (bicyclic) bond motifs is 1. The fourth-order valence-corrected chi connectivity index (χ4v) is 1.98. The molecule has 1 aliphatic heterocycles. The number of unbranched alkanes of at least 4 members (excludes halogenated alkanes) is 2. The molecule has 0 saturated heterocycles. The van der Waals surface area contributed by atoms with Crippen LogP contribution in [0.4, 0.5) is 0 Å². The van der Waals surface area contributed by atoms with Crippen LogP contribution < -0.4 is 5.32 Å². The van der Waals surface area contributed by atoms with Crippen molar-refractivity contribution in [3.63, 3.8) is 0 Å². The number of carbonyl (C=O) groups excluding carboxylic acids is 1. The molecule has 1 N–H and O–H groups in total. The normalized spacial score (nSPS) is 18.8. The Hall–Kier alpha value is -1.57. The lowest BCUT2D eigenvalue weighted by Crippen LogP contribution is -2.17. The van der Waals surface area contributed by atoms with Crippen LogP contribution in [0.1, 0.15) is 48.1 Å². The number of hydrogen-bond acceptors (Lipinski definition) is 1. The predicted octanol–water partition coefficient (Wildman–Crippen LogP) is 3.22. The van der Waals surface area contributed by atoms with Crippen molar-refractivity contribution in [3.05, 3.63) is 47.5 Å². The Kier molecular flexibility index (Phi) is 3.40. The molecule has 1 unspecified atom stereocenters. The van der Waals surface area contributed by atoms with Gasteiger partial charge in [-0.15, -0.1) is 0 Å². The summed E-state index contributed by atoms with van der Waals surface area (Å²) in [6.07, 6.45) is 7.76. The fraction of sp³-hybridized carbons (Fsp3) is 0.357. The topological polar surface area (TPSA) is 29.1 Å². The van der Waals surface area contributed by atoms with Crippen molar-refractivity contribution in [2.24, 2.45) is 0 Å². The summed E-state index contributed by atoms with van der Waals surface area (Å²) in [6.45, 7) is 2.18. The Morgan fingerprint density at radius 3 is 3.00 bits per heavy atom. The Morgan fingerprint density at radius 2 is 2.19 bits per heavy atom. The highest BCUT2D eigenvalue weighted by Gasteiger charge is 2.25. The quantitative estimate of drug-likeness (QED) is 0.606. The zero-order valence-electron chi connectivity index (χ0n) is 9.57. The zero-order valence-corrected chi connectivity index (χ0v) is 9.57. The Balaban J connectivity index is 2.09. The van der Waals surface area contributed by atoms with Gasteiger partial charge in [0.05, 0.1) is 6.04 Å². The molecule has 0 fully saturated rings. The van der Waals surface area contributed by atoms with Gasteiger partial charge in [-0.3, -0.25) is 4.79 Å². The SMILES string of the molecule is CCCCC=CC1NC(=O)c2ccccc21. The summed E-state index contributed by atoms with van der Waals surface area (Å²) >= 11 is 0. The Bertz CT molecular complexity index is 409. The van der Waals surface area contributed by atoms with Gasteiger partial charge in [-0.05, 0) is 18.1 Å². The highest BCUT2D eigenvalue weighted by Crippen LogP contribution is 2.25. The lowest BCUT2D eigenvalue weighted by Gasteiger charge is -2.05. The van der Waals surface area contributed by atoms with E-state index < -0.39 is 0 Å². The summed E-state index contributed by atoms with van der Waals surface area (Å²) in [5.41, 5.74) is 1.91. The highest BCUT2D eigenvalue weighted by atomic mass is 16.2. The molecule has 0 bridgehead atoms. The molecule has 1 aromatic rings. The van der Waals surface area contributed by atoms with E-state index in [0.29, 0.717) is 0 Å². The molecule has 1 heterocycles. The van der Waals surface area contributed by atoms with E-state index in [1.807, 2.05) is 24.3 Å². The van der Waals surface area contributed by atoms with Gasteiger partial charge in [0.2, 0.25) is 0 Å². The highest BCUT2D eigenvalue weighted by molar-refractivity contribution is 5.99. The molecular formula is C14H17NO. The van der Waals surface area contributed by atoms with Gasteiger partial charge in [0.1, 0.15) is 0 Å². The van der Waals surface area contributed by atoms with E-state index in [2.05, 4.69) is 24.4 Å². The molecule has 16 heavy (non-hydrogen) atoms. The molecule has 1 amide bonds. The van der Waals surface area contributed by atoms with Gasteiger partial charge >= 0.3 is 0 Å². The average molecular weight is 215 g/mol. The first-order valence-corrected chi connectivity index (χ1v) is 5.89. The van der Waals surface area contributed by atoms with Gasteiger partial charge in [-0.2, -0.15) is 0 Å². The van der Waals surface area contributed by atoms with Crippen LogP contribution in [-0.2, 0) is 0 Å². The molecule has 2 rings (SSSR count). The third-order valence-corrected chi connectivity index (χ3v) is 2.88. The molecule has 0 aliphatic carbocycles. The molecule has 0 aromatic heterocycles. The number of rotatable bonds is 4. The number of hydrogen-bond donors (Lipinski definition) is 1. The smallest absolute Gasteiger partial charge is 0.252 e. The van der Waals surface area contributed by atoms with E-state index in [4.69, 9.17) is 0 Å². The van der Waals surface area contributed by atoms with Gasteiger partial charge in [0, 0.05) is 5.56 Å². The van der Waals surface area contributed by atoms with E-state index in [1.54, 1.807) is 0 Å². The molecule has 0 saturated carbocycles. The van der Waals surface area contributed by atoms with Gasteiger partial charge in [0.15, 0.2) is 0 Å². The maximum absolute atomic E-state index is 11.6. The van der Waals surface area contributed by atoms with E-state index >= 15 is 0 Å². The van der Waals surface area contributed by atoms with Crippen molar-refractivity contribution in [2.45, 2.75) is 32.2 Å². The first kappa shape index (κ1) is 10.9. The fourth-order valence-electron chi connectivity index (χ4n) is 1.98. The minimum atomic E-state index is 0.0424. The van der Waals surface area contributed by atoms with Crippen LogP contribution in [0, 0.1) is 0 Å². The van der Waals surface area contributed by atoms with E-state index in [0.717, 1.165) is 17.5 Å². The molecule has 1 aromatic carbocycles. The maximum Gasteiger partial charge on any atom is 0.252 e. The second-order valence-electron chi connectivity index (χ2n) is 4.11. The number of carbonyl (C=O) groups is 1. The third-order valence-electron chi connectivity index (χ3n) is 2.88. The summed E-state index contributed by atoms with van der Waals surface area (Å²) in [6, 6.07) is 7.85. The van der Waals surface area contributed by atoms with Crippen LogP contribution >= 0.6 is 0 Å².